The molecule has 7 nitrogen and oxygen atoms in total. The van der Waals surface area contributed by atoms with E-state index in [1.54, 1.807) is 7.05 Å². The highest BCUT2D eigenvalue weighted by atomic mass is 35.5. The summed E-state index contributed by atoms with van der Waals surface area (Å²) in [6.45, 7) is 3.45. The van der Waals surface area contributed by atoms with E-state index < -0.39 is 0 Å². The average Bonchev–Trinajstić information content (AvgIpc) is 2.71. The number of anilines is 1. The van der Waals surface area contributed by atoms with Crippen molar-refractivity contribution in [2.45, 2.75) is 25.7 Å². The van der Waals surface area contributed by atoms with Crippen molar-refractivity contribution in [2.24, 2.45) is 14.1 Å². The largest absolute Gasteiger partial charge is 0.396 e. The van der Waals surface area contributed by atoms with Crippen LogP contribution in [0.25, 0.3) is 0 Å². The van der Waals surface area contributed by atoms with Gasteiger partial charge in [0.1, 0.15) is 5.82 Å². The summed E-state index contributed by atoms with van der Waals surface area (Å²) < 4.78 is 2.53. The molecule has 2 rings (SSSR count). The van der Waals surface area contributed by atoms with Gasteiger partial charge in [-0.2, -0.15) is 0 Å². The number of aromatic nitrogens is 2. The van der Waals surface area contributed by atoms with Crippen LogP contribution in [0, 0.1) is 0 Å². The molecule has 0 saturated carbocycles. The van der Waals surface area contributed by atoms with Crippen LogP contribution in [-0.2, 0) is 20.5 Å². The van der Waals surface area contributed by atoms with Crippen molar-refractivity contribution in [3.8, 4) is 0 Å². The lowest BCUT2D eigenvalue weighted by Crippen LogP contribution is -2.38. The summed E-state index contributed by atoms with van der Waals surface area (Å²) >= 11 is 5.94. The Balaban J connectivity index is 1.88. The molecular weight excluding hydrogens is 392 g/mol. The SMILES string of the molecule is Cn1c(NCCN(CCCCO)CCCc2ccc(Cl)cc2)cc(=O)n(C)c1=O. The van der Waals surface area contributed by atoms with Crippen molar-refractivity contribution < 1.29 is 5.11 Å². The van der Waals surface area contributed by atoms with E-state index in [1.807, 2.05) is 12.1 Å². The fourth-order valence-corrected chi connectivity index (χ4v) is 3.31. The van der Waals surface area contributed by atoms with Crippen molar-refractivity contribution >= 4 is 17.4 Å². The zero-order valence-electron chi connectivity index (χ0n) is 17.2. The number of unbranched alkanes of at least 4 members (excludes halogenated alkanes) is 1. The van der Waals surface area contributed by atoms with Crippen molar-refractivity contribution in [3.05, 3.63) is 61.8 Å². The molecule has 2 aromatic rings. The number of nitrogens with zero attached hydrogens (tertiary/aromatic N) is 3. The van der Waals surface area contributed by atoms with Gasteiger partial charge in [-0.1, -0.05) is 23.7 Å². The first-order valence-corrected chi connectivity index (χ1v) is 10.4. The maximum Gasteiger partial charge on any atom is 0.332 e. The number of benzene rings is 1. The highest BCUT2D eigenvalue weighted by molar-refractivity contribution is 6.30. The van der Waals surface area contributed by atoms with Crippen LogP contribution < -0.4 is 16.6 Å². The molecule has 1 aromatic carbocycles. The number of aryl methyl sites for hydroxylation is 1. The number of nitrogens with one attached hydrogen (secondary N) is 1. The molecule has 1 aromatic heterocycles. The molecule has 2 N–H and O–H groups in total. The van der Waals surface area contributed by atoms with E-state index in [0.717, 1.165) is 54.9 Å². The van der Waals surface area contributed by atoms with Gasteiger partial charge >= 0.3 is 5.69 Å². The third kappa shape index (κ3) is 7.34. The van der Waals surface area contributed by atoms with Crippen LogP contribution in [0.3, 0.4) is 0 Å². The van der Waals surface area contributed by atoms with Gasteiger partial charge in [0.25, 0.3) is 5.56 Å². The normalized spacial score (nSPS) is 11.2. The smallest absolute Gasteiger partial charge is 0.332 e. The Morgan fingerprint density at radius 2 is 1.69 bits per heavy atom. The molecule has 160 valence electrons. The minimum absolute atomic E-state index is 0.201. The lowest BCUT2D eigenvalue weighted by atomic mass is 10.1. The van der Waals surface area contributed by atoms with E-state index in [2.05, 4.69) is 22.3 Å². The fraction of sp³-hybridized carbons (Fsp3) is 0.524. The Bertz CT molecular complexity index is 877. The van der Waals surface area contributed by atoms with Gasteiger partial charge in [0.15, 0.2) is 0 Å². The summed E-state index contributed by atoms with van der Waals surface area (Å²) in [5.41, 5.74) is 0.596. The van der Waals surface area contributed by atoms with Gasteiger partial charge < -0.3 is 15.3 Å². The maximum atomic E-state index is 12.0. The van der Waals surface area contributed by atoms with Gasteiger partial charge in [-0.05, 0) is 56.5 Å². The molecule has 0 bridgehead atoms. The molecule has 0 fully saturated rings. The first-order valence-electron chi connectivity index (χ1n) is 10.0. The summed E-state index contributed by atoms with van der Waals surface area (Å²) in [4.78, 5) is 26.2. The van der Waals surface area contributed by atoms with Gasteiger partial charge in [0, 0.05) is 44.9 Å². The Labute approximate surface area is 176 Å². The molecule has 0 aliphatic rings. The molecule has 29 heavy (non-hydrogen) atoms. The van der Waals surface area contributed by atoms with Gasteiger partial charge in [0.2, 0.25) is 0 Å². The van der Waals surface area contributed by atoms with Crippen molar-refractivity contribution in [1.82, 2.24) is 14.0 Å². The van der Waals surface area contributed by atoms with E-state index in [-0.39, 0.29) is 17.9 Å². The molecule has 8 heteroatoms. The zero-order valence-corrected chi connectivity index (χ0v) is 18.0. The Morgan fingerprint density at radius 3 is 2.38 bits per heavy atom. The first kappa shape index (κ1) is 23.2. The molecule has 0 saturated heterocycles. The van der Waals surface area contributed by atoms with Crippen molar-refractivity contribution in [1.29, 1.82) is 0 Å². The number of aliphatic hydroxyl groups is 1. The van der Waals surface area contributed by atoms with Crippen LogP contribution in [0.15, 0.2) is 39.9 Å². The highest BCUT2D eigenvalue weighted by Gasteiger charge is 2.08. The number of hydrogen-bond acceptors (Lipinski definition) is 5. The van der Waals surface area contributed by atoms with E-state index in [9.17, 15) is 9.59 Å². The number of halogens is 1. The number of hydrogen-bond donors (Lipinski definition) is 2. The summed E-state index contributed by atoms with van der Waals surface area (Å²) in [5.74, 6) is 0.523. The second kappa shape index (κ2) is 11.8. The lowest BCUT2D eigenvalue weighted by Gasteiger charge is -2.23. The van der Waals surface area contributed by atoms with Crippen LogP contribution in [0.2, 0.25) is 5.02 Å². The molecule has 0 amide bonds. The maximum absolute atomic E-state index is 12.0. The monoisotopic (exact) mass is 422 g/mol. The Morgan fingerprint density at radius 1 is 1.00 bits per heavy atom. The van der Waals surface area contributed by atoms with E-state index in [4.69, 9.17) is 16.7 Å². The Hall–Kier alpha value is -2.09. The molecule has 0 radical (unpaired) electrons. The predicted octanol–water partition coefficient (Wildman–Crippen LogP) is 1.86. The van der Waals surface area contributed by atoms with Gasteiger partial charge in [-0.15, -0.1) is 0 Å². The molecule has 0 spiro atoms. The summed E-state index contributed by atoms with van der Waals surface area (Å²) in [7, 11) is 3.12. The first-order chi connectivity index (χ1) is 13.9. The van der Waals surface area contributed by atoms with Gasteiger partial charge in [0.05, 0.1) is 0 Å². The zero-order chi connectivity index (χ0) is 21.2. The molecule has 0 atom stereocenters. The molecule has 0 unspecified atom stereocenters. The van der Waals surface area contributed by atoms with E-state index in [0.29, 0.717) is 12.4 Å². The number of rotatable bonds is 12. The van der Waals surface area contributed by atoms with Crippen LogP contribution in [-0.4, -0.2) is 51.9 Å². The minimum Gasteiger partial charge on any atom is -0.396 e. The third-order valence-corrected chi connectivity index (χ3v) is 5.25. The lowest BCUT2D eigenvalue weighted by molar-refractivity contribution is 0.244. The van der Waals surface area contributed by atoms with Crippen LogP contribution in [0.1, 0.15) is 24.8 Å². The van der Waals surface area contributed by atoms with Crippen LogP contribution in [0.4, 0.5) is 5.82 Å². The average molecular weight is 423 g/mol. The third-order valence-electron chi connectivity index (χ3n) is 5.00. The summed E-state index contributed by atoms with van der Waals surface area (Å²) in [6.07, 6.45) is 3.71. The molecule has 0 aliphatic carbocycles. The van der Waals surface area contributed by atoms with Crippen LogP contribution in [0.5, 0.6) is 0 Å². The predicted molar refractivity (Wildman–Crippen MR) is 118 cm³/mol. The van der Waals surface area contributed by atoms with Gasteiger partial charge in [-0.3, -0.25) is 13.9 Å². The highest BCUT2D eigenvalue weighted by Crippen LogP contribution is 2.11. The van der Waals surface area contributed by atoms with E-state index >= 15 is 0 Å². The second-order valence-corrected chi connectivity index (χ2v) is 7.63. The van der Waals surface area contributed by atoms with Crippen molar-refractivity contribution in [3.63, 3.8) is 0 Å². The molecule has 0 aliphatic heterocycles. The minimum atomic E-state index is -0.345. The van der Waals surface area contributed by atoms with Crippen molar-refractivity contribution in [2.75, 3.05) is 38.1 Å². The topological polar surface area (TPSA) is 79.5 Å². The Kier molecular flexibility index (Phi) is 9.44. The molecular formula is C21H31ClN4O3. The molecule has 1 heterocycles. The summed E-state index contributed by atoms with van der Waals surface area (Å²) in [5, 5.41) is 13.0. The van der Waals surface area contributed by atoms with Crippen LogP contribution >= 0.6 is 11.6 Å². The summed E-state index contributed by atoms with van der Waals surface area (Å²) in [6, 6.07) is 9.37. The second-order valence-electron chi connectivity index (χ2n) is 7.20. The quantitative estimate of drug-likeness (QED) is 0.510. The fourth-order valence-electron chi connectivity index (χ4n) is 3.19. The standard InChI is InChI=1S/C21H31ClN4O3/c1-24-19(16-20(28)25(2)21(24)29)23-11-14-26(12-3-4-15-27)13-5-6-17-7-9-18(22)10-8-17/h7-10,16,23,27H,3-6,11-15H2,1-2H3. The van der Waals surface area contributed by atoms with Gasteiger partial charge in [-0.25, -0.2) is 4.79 Å². The number of aliphatic hydroxyl groups excluding tert-OH is 1. The van der Waals surface area contributed by atoms with E-state index in [1.165, 1.54) is 23.2 Å².